The van der Waals surface area contributed by atoms with Crippen LogP contribution >= 0.6 is 0 Å². The summed E-state index contributed by atoms with van der Waals surface area (Å²) in [4.78, 5) is 36.6. The van der Waals surface area contributed by atoms with Crippen molar-refractivity contribution in [2.75, 3.05) is 23.8 Å². The van der Waals surface area contributed by atoms with Gasteiger partial charge in [-0.05, 0) is 55.5 Å². The molecule has 8 nitrogen and oxygen atoms in total. The van der Waals surface area contributed by atoms with Gasteiger partial charge in [0.25, 0.3) is 11.8 Å². The lowest BCUT2D eigenvalue weighted by molar-refractivity contribution is -0.115. The van der Waals surface area contributed by atoms with Crippen LogP contribution in [0.5, 0.6) is 11.5 Å². The molecule has 0 atom stereocenters. The zero-order valence-corrected chi connectivity index (χ0v) is 18.0. The molecule has 0 aliphatic heterocycles. The summed E-state index contributed by atoms with van der Waals surface area (Å²) >= 11 is 0. The van der Waals surface area contributed by atoms with Gasteiger partial charge in [0.1, 0.15) is 23.1 Å². The van der Waals surface area contributed by atoms with Crippen molar-refractivity contribution >= 4 is 29.1 Å². The molecule has 0 spiro atoms. The Morgan fingerprint density at radius 2 is 1.50 bits per heavy atom. The minimum Gasteiger partial charge on any atom is -0.507 e. The zero-order valence-electron chi connectivity index (χ0n) is 18.0. The first-order chi connectivity index (χ1) is 16.2. The zero-order chi connectivity index (χ0) is 24.7. The number of halogens is 2. The summed E-state index contributed by atoms with van der Waals surface area (Å²) in [5.41, 5.74) is 0.224. The van der Waals surface area contributed by atoms with Crippen molar-refractivity contribution in [1.82, 2.24) is 5.32 Å². The highest BCUT2D eigenvalue weighted by Crippen LogP contribution is 2.23. The number of anilines is 2. The predicted molar refractivity (Wildman–Crippen MR) is 121 cm³/mol. The van der Waals surface area contributed by atoms with Crippen LogP contribution in [0.3, 0.4) is 0 Å². The standard InChI is InChI=1S/C24H21F2N3O5/c1-2-34-19-6-3-17(4-7-19)28-22(31)13-27-24(33)20-8-5-18(12-21(20)30)29-23(32)14-9-15(25)11-16(26)10-14/h3-12,30H,2,13H2,1H3,(H,27,33)(H,28,31)(H,29,32). The van der Waals surface area contributed by atoms with E-state index in [4.69, 9.17) is 4.74 Å². The van der Waals surface area contributed by atoms with Gasteiger partial charge in [0.05, 0.1) is 18.7 Å². The fraction of sp³-hybridized carbons (Fsp3) is 0.125. The molecule has 10 heteroatoms. The fourth-order valence-electron chi connectivity index (χ4n) is 2.95. The lowest BCUT2D eigenvalue weighted by Crippen LogP contribution is -2.32. The summed E-state index contributed by atoms with van der Waals surface area (Å²) in [6, 6.07) is 12.7. The molecule has 176 valence electrons. The molecule has 0 heterocycles. The normalized spacial score (nSPS) is 10.3. The minimum atomic E-state index is -0.911. The van der Waals surface area contributed by atoms with Crippen LogP contribution in [0.25, 0.3) is 0 Å². The van der Waals surface area contributed by atoms with Crippen molar-refractivity contribution in [1.29, 1.82) is 0 Å². The molecule has 0 aromatic heterocycles. The van der Waals surface area contributed by atoms with Gasteiger partial charge in [0.2, 0.25) is 5.91 Å². The Bertz CT molecular complexity index is 1200. The van der Waals surface area contributed by atoms with Crippen molar-refractivity contribution in [2.24, 2.45) is 0 Å². The van der Waals surface area contributed by atoms with E-state index in [0.29, 0.717) is 24.1 Å². The van der Waals surface area contributed by atoms with Crippen molar-refractivity contribution in [3.63, 3.8) is 0 Å². The molecule has 0 unspecified atom stereocenters. The number of carbonyl (C=O) groups is 3. The molecule has 0 aliphatic carbocycles. The molecule has 34 heavy (non-hydrogen) atoms. The number of ether oxygens (including phenoxy) is 1. The van der Waals surface area contributed by atoms with Gasteiger partial charge < -0.3 is 25.8 Å². The van der Waals surface area contributed by atoms with E-state index in [-0.39, 0.29) is 23.4 Å². The fourth-order valence-corrected chi connectivity index (χ4v) is 2.95. The number of carbonyl (C=O) groups excluding carboxylic acids is 3. The third-order valence-corrected chi connectivity index (χ3v) is 4.48. The monoisotopic (exact) mass is 469 g/mol. The molecular weight excluding hydrogens is 448 g/mol. The third-order valence-electron chi connectivity index (χ3n) is 4.48. The van der Waals surface area contributed by atoms with Crippen LogP contribution in [0.1, 0.15) is 27.6 Å². The molecule has 3 amide bonds. The number of nitrogens with one attached hydrogen (secondary N) is 3. The van der Waals surface area contributed by atoms with Crippen molar-refractivity contribution < 1.29 is 33.0 Å². The number of hydrogen-bond acceptors (Lipinski definition) is 5. The Hall–Kier alpha value is -4.47. The Balaban J connectivity index is 1.55. The average molecular weight is 469 g/mol. The van der Waals surface area contributed by atoms with Gasteiger partial charge in [-0.3, -0.25) is 14.4 Å². The van der Waals surface area contributed by atoms with E-state index in [1.165, 1.54) is 12.1 Å². The highest BCUT2D eigenvalue weighted by molar-refractivity contribution is 6.05. The highest BCUT2D eigenvalue weighted by atomic mass is 19.1. The van der Waals surface area contributed by atoms with Gasteiger partial charge in [-0.25, -0.2) is 8.78 Å². The molecule has 0 saturated carbocycles. The highest BCUT2D eigenvalue weighted by Gasteiger charge is 2.15. The molecule has 0 bridgehead atoms. The average Bonchev–Trinajstić information content (AvgIpc) is 2.78. The van der Waals surface area contributed by atoms with Crippen LogP contribution in [0.2, 0.25) is 0 Å². The van der Waals surface area contributed by atoms with E-state index < -0.39 is 35.1 Å². The Kier molecular flexibility index (Phi) is 7.75. The minimum absolute atomic E-state index is 0.0944. The Labute approximate surface area is 193 Å². The lowest BCUT2D eigenvalue weighted by Gasteiger charge is -2.10. The first kappa shape index (κ1) is 24.2. The molecule has 0 aliphatic rings. The summed E-state index contributed by atoms with van der Waals surface area (Å²) < 4.78 is 31.9. The van der Waals surface area contributed by atoms with Crippen molar-refractivity contribution in [2.45, 2.75) is 6.92 Å². The Morgan fingerprint density at radius 1 is 0.853 bits per heavy atom. The second-order valence-corrected chi connectivity index (χ2v) is 7.03. The summed E-state index contributed by atoms with van der Waals surface area (Å²) in [6.45, 7) is 2.02. The molecule has 4 N–H and O–H groups in total. The summed E-state index contributed by atoms with van der Waals surface area (Å²) in [5, 5.41) is 17.5. The first-order valence-electron chi connectivity index (χ1n) is 10.2. The van der Waals surface area contributed by atoms with Crippen LogP contribution in [-0.4, -0.2) is 36.0 Å². The van der Waals surface area contributed by atoms with Crippen LogP contribution < -0.4 is 20.7 Å². The van der Waals surface area contributed by atoms with Gasteiger partial charge in [0.15, 0.2) is 0 Å². The molecule has 0 radical (unpaired) electrons. The van der Waals surface area contributed by atoms with Crippen molar-refractivity contribution in [3.05, 3.63) is 83.4 Å². The largest absolute Gasteiger partial charge is 0.507 e. The quantitative estimate of drug-likeness (QED) is 0.402. The summed E-state index contributed by atoms with van der Waals surface area (Å²) in [5.74, 6) is -3.63. The SMILES string of the molecule is CCOc1ccc(NC(=O)CNC(=O)c2ccc(NC(=O)c3cc(F)cc(F)c3)cc2O)cc1. The van der Waals surface area contributed by atoms with Crippen LogP contribution in [0.4, 0.5) is 20.2 Å². The van der Waals surface area contributed by atoms with Crippen molar-refractivity contribution in [3.8, 4) is 11.5 Å². The van der Waals surface area contributed by atoms with Gasteiger partial charge in [-0.1, -0.05) is 0 Å². The Morgan fingerprint density at radius 3 is 2.12 bits per heavy atom. The first-order valence-corrected chi connectivity index (χ1v) is 10.2. The van der Waals surface area contributed by atoms with Gasteiger partial charge >= 0.3 is 0 Å². The molecule has 3 rings (SSSR count). The van der Waals surface area contributed by atoms with E-state index in [1.54, 1.807) is 24.3 Å². The third kappa shape index (κ3) is 6.52. The van der Waals surface area contributed by atoms with E-state index >= 15 is 0 Å². The van der Waals surface area contributed by atoms with E-state index in [9.17, 15) is 28.3 Å². The number of hydrogen-bond donors (Lipinski definition) is 4. The lowest BCUT2D eigenvalue weighted by atomic mass is 10.1. The van der Waals surface area contributed by atoms with Crippen LogP contribution in [-0.2, 0) is 4.79 Å². The maximum absolute atomic E-state index is 13.3. The van der Waals surface area contributed by atoms with E-state index in [0.717, 1.165) is 18.2 Å². The molecule has 0 fully saturated rings. The summed E-state index contributed by atoms with van der Waals surface area (Å²) in [6.07, 6.45) is 0. The number of phenolic OH excluding ortho intramolecular Hbond substituents is 1. The van der Waals surface area contributed by atoms with Gasteiger partial charge in [0, 0.05) is 29.1 Å². The number of amides is 3. The maximum Gasteiger partial charge on any atom is 0.255 e. The van der Waals surface area contributed by atoms with Gasteiger partial charge in [-0.15, -0.1) is 0 Å². The second kappa shape index (κ2) is 10.9. The summed E-state index contributed by atoms with van der Waals surface area (Å²) in [7, 11) is 0. The number of rotatable bonds is 8. The number of benzene rings is 3. The van der Waals surface area contributed by atoms with Gasteiger partial charge in [-0.2, -0.15) is 0 Å². The molecule has 3 aromatic carbocycles. The maximum atomic E-state index is 13.3. The molecule has 0 saturated heterocycles. The van der Waals surface area contributed by atoms with E-state index in [1.807, 2.05) is 6.92 Å². The van der Waals surface area contributed by atoms with Crippen LogP contribution in [0.15, 0.2) is 60.7 Å². The smallest absolute Gasteiger partial charge is 0.255 e. The van der Waals surface area contributed by atoms with E-state index in [2.05, 4.69) is 16.0 Å². The number of phenols is 1. The predicted octanol–water partition coefficient (Wildman–Crippen LogP) is 3.69. The molecule has 3 aromatic rings. The topological polar surface area (TPSA) is 117 Å². The number of aromatic hydroxyl groups is 1. The molecular formula is C24H21F2N3O5. The second-order valence-electron chi connectivity index (χ2n) is 7.03. The van der Waals surface area contributed by atoms with Crippen LogP contribution in [0, 0.1) is 11.6 Å².